The van der Waals surface area contributed by atoms with E-state index in [-0.39, 0.29) is 23.7 Å². The van der Waals surface area contributed by atoms with E-state index in [2.05, 4.69) is 10.3 Å². The quantitative estimate of drug-likeness (QED) is 0.307. The minimum atomic E-state index is -1.09. The summed E-state index contributed by atoms with van der Waals surface area (Å²) in [5, 5.41) is 11.9. The molecule has 2 N–H and O–H groups in total. The highest BCUT2D eigenvalue weighted by atomic mass is 32.2. The summed E-state index contributed by atoms with van der Waals surface area (Å²) in [6.07, 6.45) is -0.0281. The number of imide groups is 1. The molecule has 0 spiro atoms. The van der Waals surface area contributed by atoms with Crippen molar-refractivity contribution in [1.82, 2.24) is 0 Å². The molecule has 1 atom stereocenters. The number of carbonyl (C=O) groups excluding carboxylic acids is 2. The third-order valence-corrected chi connectivity index (χ3v) is 6.18. The molecule has 1 saturated heterocycles. The van der Waals surface area contributed by atoms with Gasteiger partial charge in [0.05, 0.1) is 17.8 Å². The van der Waals surface area contributed by atoms with Gasteiger partial charge in [-0.15, -0.1) is 0 Å². The van der Waals surface area contributed by atoms with Gasteiger partial charge in [-0.05, 0) is 54.1 Å². The summed E-state index contributed by atoms with van der Waals surface area (Å²) in [4.78, 5) is 42.5. The Morgan fingerprint density at radius 1 is 1.03 bits per heavy atom. The standard InChI is InChI=1S/C25H20FN3O4S/c26-18-8-10-19(11-9-18)28-25(27-15-16-4-2-1-3-5-16)34-21-14-22(30)29(23(21)31)20-12-6-17(7-13-20)24(32)33/h1-13,21H,14-15H2,(H,27,28)(H,32,33)/t21-/m0/s1. The number of carboxylic acid groups (broad SMARTS) is 1. The normalized spacial score (nSPS) is 16.1. The van der Waals surface area contributed by atoms with E-state index in [0.29, 0.717) is 23.1 Å². The van der Waals surface area contributed by atoms with Crippen LogP contribution in [0.2, 0.25) is 0 Å². The Kier molecular flexibility index (Phi) is 7.03. The van der Waals surface area contributed by atoms with Crippen molar-refractivity contribution < 1.29 is 23.9 Å². The average Bonchev–Trinajstić information content (AvgIpc) is 3.12. The fourth-order valence-electron chi connectivity index (χ4n) is 3.36. The Balaban J connectivity index is 1.53. The molecule has 1 fully saturated rings. The highest BCUT2D eigenvalue weighted by molar-refractivity contribution is 8.15. The van der Waals surface area contributed by atoms with E-state index in [9.17, 15) is 18.8 Å². The largest absolute Gasteiger partial charge is 0.478 e. The fraction of sp³-hybridized carbons (Fsp3) is 0.120. The van der Waals surface area contributed by atoms with Gasteiger partial charge >= 0.3 is 5.97 Å². The Labute approximate surface area is 199 Å². The molecule has 0 unspecified atom stereocenters. The molecule has 3 aromatic carbocycles. The van der Waals surface area contributed by atoms with Crippen molar-refractivity contribution in [2.75, 3.05) is 10.2 Å². The first kappa shape index (κ1) is 23.2. The van der Waals surface area contributed by atoms with Crippen LogP contribution in [-0.2, 0) is 16.1 Å². The molecule has 0 saturated carbocycles. The van der Waals surface area contributed by atoms with Gasteiger partial charge in [-0.25, -0.2) is 14.1 Å². The van der Waals surface area contributed by atoms with Gasteiger partial charge in [-0.2, -0.15) is 0 Å². The second-order valence-electron chi connectivity index (χ2n) is 7.47. The number of carboxylic acids is 1. The minimum absolute atomic E-state index is 0.0281. The number of anilines is 2. The van der Waals surface area contributed by atoms with Gasteiger partial charge in [0.2, 0.25) is 11.8 Å². The number of hydrogen-bond donors (Lipinski definition) is 2. The van der Waals surface area contributed by atoms with Crippen molar-refractivity contribution in [2.45, 2.75) is 18.2 Å². The summed E-state index contributed by atoms with van der Waals surface area (Å²) < 4.78 is 13.3. The van der Waals surface area contributed by atoms with Crippen LogP contribution in [-0.4, -0.2) is 33.3 Å². The molecule has 0 bridgehead atoms. The molecule has 0 aromatic heterocycles. The SMILES string of the molecule is O=C(O)c1ccc(N2C(=O)C[C@H](SC(=NCc3ccccc3)Nc3ccc(F)cc3)C2=O)cc1. The topological polar surface area (TPSA) is 99.1 Å². The smallest absolute Gasteiger partial charge is 0.335 e. The predicted molar refractivity (Wildman–Crippen MR) is 129 cm³/mol. The maximum atomic E-state index is 13.3. The zero-order chi connectivity index (χ0) is 24.1. The van der Waals surface area contributed by atoms with E-state index in [4.69, 9.17) is 5.11 Å². The Morgan fingerprint density at radius 3 is 2.35 bits per heavy atom. The number of amidine groups is 1. The maximum Gasteiger partial charge on any atom is 0.335 e. The van der Waals surface area contributed by atoms with E-state index in [1.165, 1.54) is 36.4 Å². The Morgan fingerprint density at radius 2 is 1.71 bits per heavy atom. The van der Waals surface area contributed by atoms with Crippen LogP contribution in [0.25, 0.3) is 0 Å². The van der Waals surface area contributed by atoms with Crippen LogP contribution in [0.1, 0.15) is 22.3 Å². The van der Waals surface area contributed by atoms with Gasteiger partial charge in [0.1, 0.15) is 11.1 Å². The number of rotatable bonds is 6. The molecule has 7 nitrogen and oxygen atoms in total. The Bertz CT molecular complexity index is 1230. The van der Waals surface area contributed by atoms with Gasteiger partial charge < -0.3 is 10.4 Å². The zero-order valence-electron chi connectivity index (χ0n) is 17.8. The lowest BCUT2D eigenvalue weighted by molar-refractivity contribution is -0.121. The van der Waals surface area contributed by atoms with E-state index >= 15 is 0 Å². The monoisotopic (exact) mass is 477 g/mol. The number of hydrogen-bond acceptors (Lipinski definition) is 5. The van der Waals surface area contributed by atoms with Crippen molar-refractivity contribution in [2.24, 2.45) is 4.99 Å². The third-order valence-electron chi connectivity index (χ3n) is 5.08. The first-order chi connectivity index (χ1) is 16.4. The number of aliphatic imine (C=N–C) groups is 1. The van der Waals surface area contributed by atoms with Crippen molar-refractivity contribution in [3.05, 3.63) is 95.8 Å². The fourth-order valence-corrected chi connectivity index (χ4v) is 4.38. The number of nitrogens with zero attached hydrogens (tertiary/aromatic N) is 2. The molecular formula is C25H20FN3O4S. The molecule has 0 radical (unpaired) electrons. The molecule has 172 valence electrons. The zero-order valence-corrected chi connectivity index (χ0v) is 18.7. The van der Waals surface area contributed by atoms with E-state index in [0.717, 1.165) is 22.2 Å². The third kappa shape index (κ3) is 5.49. The number of halogens is 1. The molecule has 1 aliphatic heterocycles. The summed E-state index contributed by atoms with van der Waals surface area (Å²) in [6, 6.07) is 20.9. The molecule has 9 heteroatoms. The van der Waals surface area contributed by atoms with Gasteiger partial charge in [0.25, 0.3) is 0 Å². The Hall–Kier alpha value is -3.98. The van der Waals surface area contributed by atoms with E-state index < -0.39 is 17.1 Å². The van der Waals surface area contributed by atoms with Gasteiger partial charge in [0, 0.05) is 12.1 Å². The number of amides is 2. The van der Waals surface area contributed by atoms with Crippen LogP contribution < -0.4 is 10.2 Å². The van der Waals surface area contributed by atoms with Gasteiger partial charge in [0.15, 0.2) is 5.17 Å². The van der Waals surface area contributed by atoms with Crippen molar-refractivity contribution in [3.63, 3.8) is 0 Å². The molecule has 1 heterocycles. The van der Waals surface area contributed by atoms with Crippen LogP contribution in [0.4, 0.5) is 15.8 Å². The van der Waals surface area contributed by atoms with Crippen LogP contribution in [0, 0.1) is 5.82 Å². The highest BCUT2D eigenvalue weighted by Crippen LogP contribution is 2.31. The average molecular weight is 478 g/mol. The summed E-state index contributed by atoms with van der Waals surface area (Å²) in [6.45, 7) is 0.354. The van der Waals surface area contributed by atoms with Gasteiger partial charge in [-0.3, -0.25) is 14.6 Å². The van der Waals surface area contributed by atoms with E-state index in [1.54, 1.807) is 12.1 Å². The van der Waals surface area contributed by atoms with Crippen LogP contribution in [0.3, 0.4) is 0 Å². The first-order valence-electron chi connectivity index (χ1n) is 10.4. The summed E-state index contributed by atoms with van der Waals surface area (Å²) in [5.41, 5.74) is 1.94. The highest BCUT2D eigenvalue weighted by Gasteiger charge is 2.40. The summed E-state index contributed by atoms with van der Waals surface area (Å²) >= 11 is 1.13. The molecule has 2 amide bonds. The van der Waals surface area contributed by atoms with E-state index in [1.807, 2.05) is 30.3 Å². The van der Waals surface area contributed by atoms with Crippen molar-refractivity contribution in [1.29, 1.82) is 0 Å². The van der Waals surface area contributed by atoms with Crippen molar-refractivity contribution >= 4 is 46.1 Å². The lowest BCUT2D eigenvalue weighted by Crippen LogP contribution is -2.31. The molecule has 4 rings (SSSR count). The lowest BCUT2D eigenvalue weighted by atomic mass is 10.2. The summed E-state index contributed by atoms with van der Waals surface area (Å²) in [7, 11) is 0. The number of nitrogens with one attached hydrogen (secondary N) is 1. The number of aromatic carboxylic acids is 1. The van der Waals surface area contributed by atoms with Crippen LogP contribution >= 0.6 is 11.8 Å². The molecule has 34 heavy (non-hydrogen) atoms. The maximum absolute atomic E-state index is 13.3. The predicted octanol–water partition coefficient (Wildman–Crippen LogP) is 4.56. The van der Waals surface area contributed by atoms with Crippen LogP contribution in [0.15, 0.2) is 83.9 Å². The van der Waals surface area contributed by atoms with Crippen molar-refractivity contribution in [3.8, 4) is 0 Å². The second kappa shape index (κ2) is 10.3. The summed E-state index contributed by atoms with van der Waals surface area (Å²) in [5.74, 6) is -2.26. The number of thioether (sulfide) groups is 1. The molecule has 0 aliphatic carbocycles. The molecule has 3 aromatic rings. The lowest BCUT2D eigenvalue weighted by Gasteiger charge is -2.16. The van der Waals surface area contributed by atoms with Crippen LogP contribution in [0.5, 0.6) is 0 Å². The first-order valence-corrected chi connectivity index (χ1v) is 11.3. The number of benzene rings is 3. The van der Waals surface area contributed by atoms with Gasteiger partial charge in [-0.1, -0.05) is 42.1 Å². The molecular weight excluding hydrogens is 457 g/mol. The number of carbonyl (C=O) groups is 3. The second-order valence-corrected chi connectivity index (χ2v) is 8.66. The minimum Gasteiger partial charge on any atom is -0.478 e. The molecule has 1 aliphatic rings.